The molecule has 0 aliphatic rings. The summed E-state index contributed by atoms with van der Waals surface area (Å²) < 4.78 is 15.6. The van der Waals surface area contributed by atoms with Crippen LogP contribution in [-0.4, -0.2) is 20.0 Å². The molecular weight excluding hydrogens is 375 g/mol. The molecule has 0 saturated carbocycles. The number of carbonyl (C=O) groups is 1. The van der Waals surface area contributed by atoms with E-state index in [9.17, 15) is 18.8 Å². The SMILES string of the molecule is Cc1ccc(-n2c(=O)[nH]c3c(C(=O)Nc4ccc(F)cc4)cn(C)c3c2=O)cc1. The smallest absolute Gasteiger partial charge is 0.333 e. The van der Waals surface area contributed by atoms with Crippen molar-refractivity contribution in [1.82, 2.24) is 14.1 Å². The van der Waals surface area contributed by atoms with E-state index in [2.05, 4.69) is 10.3 Å². The summed E-state index contributed by atoms with van der Waals surface area (Å²) in [5.41, 5.74) is 1.12. The minimum absolute atomic E-state index is 0.136. The third kappa shape index (κ3) is 3.25. The molecule has 0 aliphatic carbocycles. The van der Waals surface area contributed by atoms with Gasteiger partial charge in [-0.3, -0.25) is 9.59 Å². The van der Waals surface area contributed by atoms with Gasteiger partial charge in [0.15, 0.2) is 0 Å². The molecule has 2 heterocycles. The predicted octanol–water partition coefficient (Wildman–Crippen LogP) is 2.72. The van der Waals surface area contributed by atoms with Crippen molar-refractivity contribution >= 4 is 22.6 Å². The lowest BCUT2D eigenvalue weighted by atomic mass is 10.2. The maximum absolute atomic E-state index is 13.1. The molecule has 4 aromatic rings. The molecule has 146 valence electrons. The van der Waals surface area contributed by atoms with E-state index >= 15 is 0 Å². The van der Waals surface area contributed by atoms with Crippen molar-refractivity contribution in [3.8, 4) is 5.69 Å². The van der Waals surface area contributed by atoms with E-state index in [0.717, 1.165) is 10.1 Å². The number of amides is 1. The number of hydrogen-bond donors (Lipinski definition) is 2. The lowest BCUT2D eigenvalue weighted by molar-refractivity contribution is 0.102. The molecule has 0 radical (unpaired) electrons. The second kappa shape index (κ2) is 6.90. The minimum atomic E-state index is -0.645. The van der Waals surface area contributed by atoms with Crippen LogP contribution in [0.3, 0.4) is 0 Å². The average Bonchev–Trinajstić information content (AvgIpc) is 3.01. The maximum atomic E-state index is 13.1. The molecule has 29 heavy (non-hydrogen) atoms. The quantitative estimate of drug-likeness (QED) is 0.562. The van der Waals surface area contributed by atoms with Gasteiger partial charge in [-0.05, 0) is 43.3 Å². The summed E-state index contributed by atoms with van der Waals surface area (Å²) in [4.78, 5) is 41.0. The Balaban J connectivity index is 1.83. The number of rotatable bonds is 3. The van der Waals surface area contributed by atoms with Gasteiger partial charge in [0.2, 0.25) is 0 Å². The second-order valence-corrected chi connectivity index (χ2v) is 6.74. The number of benzene rings is 2. The molecule has 4 rings (SSSR count). The normalized spacial score (nSPS) is 11.0. The summed E-state index contributed by atoms with van der Waals surface area (Å²) in [5, 5.41) is 2.63. The summed E-state index contributed by atoms with van der Waals surface area (Å²) in [7, 11) is 1.62. The Labute approximate surface area is 164 Å². The molecule has 0 fully saturated rings. The highest BCUT2D eigenvalue weighted by atomic mass is 19.1. The number of fused-ring (bicyclic) bond motifs is 1. The fourth-order valence-corrected chi connectivity index (χ4v) is 3.20. The zero-order chi connectivity index (χ0) is 20.7. The largest absolute Gasteiger partial charge is 0.344 e. The van der Waals surface area contributed by atoms with E-state index in [1.807, 2.05) is 6.92 Å². The van der Waals surface area contributed by atoms with E-state index in [0.29, 0.717) is 11.4 Å². The lowest BCUT2D eigenvalue weighted by Gasteiger charge is -2.07. The third-order valence-corrected chi connectivity index (χ3v) is 4.66. The maximum Gasteiger partial charge on any atom is 0.333 e. The number of anilines is 1. The first-order valence-electron chi connectivity index (χ1n) is 8.83. The Morgan fingerprint density at radius 1 is 1.03 bits per heavy atom. The molecule has 0 spiro atoms. The summed E-state index contributed by atoms with van der Waals surface area (Å²) in [6.45, 7) is 1.91. The van der Waals surface area contributed by atoms with Gasteiger partial charge in [0.05, 0.1) is 16.8 Å². The first-order valence-corrected chi connectivity index (χ1v) is 8.83. The molecule has 8 heteroatoms. The molecule has 2 N–H and O–H groups in total. The van der Waals surface area contributed by atoms with Crippen LogP contribution in [0.2, 0.25) is 0 Å². The van der Waals surface area contributed by atoms with Crippen LogP contribution < -0.4 is 16.6 Å². The fraction of sp³-hybridized carbons (Fsp3) is 0.0952. The topological polar surface area (TPSA) is 88.9 Å². The van der Waals surface area contributed by atoms with E-state index in [4.69, 9.17) is 0 Å². The Kier molecular flexibility index (Phi) is 4.38. The molecule has 2 aromatic carbocycles. The second-order valence-electron chi connectivity index (χ2n) is 6.74. The van der Waals surface area contributed by atoms with Crippen LogP contribution in [-0.2, 0) is 7.05 Å². The van der Waals surface area contributed by atoms with Gasteiger partial charge in [0.25, 0.3) is 11.5 Å². The van der Waals surface area contributed by atoms with Crippen molar-refractivity contribution in [2.45, 2.75) is 6.92 Å². The summed E-state index contributed by atoms with van der Waals surface area (Å²) >= 11 is 0. The third-order valence-electron chi connectivity index (χ3n) is 4.66. The molecule has 1 amide bonds. The van der Waals surface area contributed by atoms with Crippen LogP contribution in [0.1, 0.15) is 15.9 Å². The standard InChI is InChI=1S/C21H17FN4O3/c1-12-3-9-15(10-4-12)26-20(28)18-17(24-21(26)29)16(11-25(18)2)19(27)23-14-7-5-13(22)6-8-14/h3-11H,1-2H3,(H,23,27)(H,24,29). The van der Waals surface area contributed by atoms with E-state index in [-0.39, 0.29) is 16.6 Å². The highest BCUT2D eigenvalue weighted by molar-refractivity contribution is 6.11. The van der Waals surface area contributed by atoms with Crippen molar-refractivity contribution in [2.75, 3.05) is 5.32 Å². The van der Waals surface area contributed by atoms with Crippen LogP contribution in [0.5, 0.6) is 0 Å². The Morgan fingerprint density at radius 3 is 2.34 bits per heavy atom. The van der Waals surface area contributed by atoms with Crippen molar-refractivity contribution in [3.05, 3.63) is 92.5 Å². The number of aromatic nitrogens is 3. The van der Waals surface area contributed by atoms with Crippen molar-refractivity contribution in [1.29, 1.82) is 0 Å². The van der Waals surface area contributed by atoms with Gasteiger partial charge in [0, 0.05) is 18.9 Å². The van der Waals surface area contributed by atoms with Gasteiger partial charge in [-0.25, -0.2) is 13.8 Å². The van der Waals surface area contributed by atoms with Crippen molar-refractivity contribution in [3.63, 3.8) is 0 Å². The lowest BCUT2D eigenvalue weighted by Crippen LogP contribution is -2.34. The van der Waals surface area contributed by atoms with Gasteiger partial charge >= 0.3 is 5.69 Å². The molecule has 0 aliphatic heterocycles. The van der Waals surface area contributed by atoms with Crippen LogP contribution in [0.15, 0.2) is 64.3 Å². The highest BCUT2D eigenvalue weighted by Crippen LogP contribution is 2.17. The molecular formula is C21H17FN4O3. The summed E-state index contributed by atoms with van der Waals surface area (Å²) in [6, 6.07) is 12.3. The number of nitrogens with one attached hydrogen (secondary N) is 2. The minimum Gasteiger partial charge on any atom is -0.344 e. The van der Waals surface area contributed by atoms with Crippen LogP contribution in [0.4, 0.5) is 10.1 Å². The van der Waals surface area contributed by atoms with Gasteiger partial charge in [-0.1, -0.05) is 17.7 Å². The van der Waals surface area contributed by atoms with Crippen LogP contribution in [0, 0.1) is 12.7 Å². The van der Waals surface area contributed by atoms with Crippen molar-refractivity contribution < 1.29 is 9.18 Å². The first kappa shape index (κ1) is 18.4. The molecule has 0 unspecified atom stereocenters. The number of nitrogens with zero attached hydrogens (tertiary/aromatic N) is 2. The van der Waals surface area contributed by atoms with Crippen LogP contribution >= 0.6 is 0 Å². The van der Waals surface area contributed by atoms with Gasteiger partial charge < -0.3 is 14.9 Å². The number of aromatic amines is 1. The number of hydrogen-bond acceptors (Lipinski definition) is 3. The highest BCUT2D eigenvalue weighted by Gasteiger charge is 2.20. The molecule has 0 bridgehead atoms. The van der Waals surface area contributed by atoms with Crippen molar-refractivity contribution in [2.24, 2.45) is 7.05 Å². The molecule has 0 atom stereocenters. The molecule has 0 saturated heterocycles. The zero-order valence-electron chi connectivity index (χ0n) is 15.7. The average molecular weight is 392 g/mol. The predicted molar refractivity (Wildman–Crippen MR) is 108 cm³/mol. The summed E-state index contributed by atoms with van der Waals surface area (Å²) in [5.74, 6) is -0.945. The monoisotopic (exact) mass is 392 g/mol. The fourth-order valence-electron chi connectivity index (χ4n) is 3.20. The van der Waals surface area contributed by atoms with E-state index < -0.39 is 23.0 Å². The van der Waals surface area contributed by atoms with E-state index in [1.54, 1.807) is 31.3 Å². The first-order chi connectivity index (χ1) is 13.8. The summed E-state index contributed by atoms with van der Waals surface area (Å²) in [6.07, 6.45) is 1.47. The van der Waals surface area contributed by atoms with Crippen LogP contribution in [0.25, 0.3) is 16.7 Å². The number of halogens is 1. The number of H-pyrrole nitrogens is 1. The zero-order valence-corrected chi connectivity index (χ0v) is 15.7. The number of aryl methyl sites for hydroxylation is 2. The van der Waals surface area contributed by atoms with Gasteiger partial charge in [-0.2, -0.15) is 0 Å². The Morgan fingerprint density at radius 2 is 1.69 bits per heavy atom. The Bertz CT molecular complexity index is 1350. The Hall–Kier alpha value is -3.94. The van der Waals surface area contributed by atoms with Gasteiger partial charge in [-0.15, -0.1) is 0 Å². The van der Waals surface area contributed by atoms with Gasteiger partial charge in [0.1, 0.15) is 11.3 Å². The number of carbonyl (C=O) groups excluding carboxylic acids is 1. The molecule has 2 aromatic heterocycles. The van der Waals surface area contributed by atoms with E-state index in [1.165, 1.54) is 35.0 Å². The molecule has 7 nitrogen and oxygen atoms in total.